The van der Waals surface area contributed by atoms with Gasteiger partial charge in [-0.25, -0.2) is 0 Å². The molecule has 1 aliphatic rings. The molecule has 24 heavy (non-hydrogen) atoms. The summed E-state index contributed by atoms with van der Waals surface area (Å²) in [6.45, 7) is 3.92. The Bertz CT molecular complexity index is 464. The first-order valence-electron chi connectivity index (χ1n) is 9.29. The first kappa shape index (κ1) is 20.6. The van der Waals surface area contributed by atoms with Gasteiger partial charge in [0.1, 0.15) is 5.78 Å². The molecule has 0 fully saturated rings. The standard InChI is InChI=1S/C20H32O4/c1-3-5-6-11-17(22)12-13-18(20(23)24)19(14-16(21)4-2)15-9-7-8-10-15/h9,12-13,17-19,22H,3-8,10-11,14H2,1-2H3,(H,23,24). The van der Waals surface area contributed by atoms with Crippen molar-refractivity contribution in [3.05, 3.63) is 23.8 Å². The molecule has 0 saturated carbocycles. The summed E-state index contributed by atoms with van der Waals surface area (Å²) in [5.74, 6) is -1.85. The number of unbranched alkanes of at least 4 members (excludes halogenated alkanes) is 2. The Morgan fingerprint density at radius 2 is 2.00 bits per heavy atom. The summed E-state index contributed by atoms with van der Waals surface area (Å²) in [6, 6.07) is 0. The number of carbonyl (C=O) groups excluding carboxylic acids is 1. The van der Waals surface area contributed by atoms with Crippen molar-refractivity contribution in [1.82, 2.24) is 0 Å². The second-order valence-corrected chi connectivity index (χ2v) is 6.69. The first-order chi connectivity index (χ1) is 11.5. The Morgan fingerprint density at radius 1 is 1.25 bits per heavy atom. The lowest BCUT2D eigenvalue weighted by atomic mass is 9.80. The van der Waals surface area contributed by atoms with Crippen molar-refractivity contribution in [2.45, 2.75) is 77.7 Å². The molecular formula is C20H32O4. The van der Waals surface area contributed by atoms with Crippen LogP contribution in [0.25, 0.3) is 0 Å². The zero-order chi connectivity index (χ0) is 17.9. The van der Waals surface area contributed by atoms with E-state index < -0.39 is 18.0 Å². The lowest BCUT2D eigenvalue weighted by Crippen LogP contribution is -2.26. The fourth-order valence-corrected chi connectivity index (χ4v) is 3.25. The summed E-state index contributed by atoms with van der Waals surface area (Å²) < 4.78 is 0. The average molecular weight is 336 g/mol. The maximum atomic E-state index is 11.9. The van der Waals surface area contributed by atoms with E-state index in [1.54, 1.807) is 12.2 Å². The van der Waals surface area contributed by atoms with E-state index in [0.717, 1.165) is 44.1 Å². The molecule has 0 bridgehead atoms. The van der Waals surface area contributed by atoms with Crippen molar-refractivity contribution in [2.24, 2.45) is 11.8 Å². The number of aliphatic hydroxyl groups excluding tert-OH is 1. The lowest BCUT2D eigenvalue weighted by molar-refractivity contribution is -0.141. The van der Waals surface area contributed by atoms with E-state index in [1.165, 1.54) is 0 Å². The highest BCUT2D eigenvalue weighted by Gasteiger charge is 2.31. The maximum Gasteiger partial charge on any atom is 0.310 e. The third-order valence-electron chi connectivity index (χ3n) is 4.76. The number of Topliss-reactive ketones (excluding diaryl/α,β-unsaturated/α-hetero) is 1. The van der Waals surface area contributed by atoms with Crippen LogP contribution in [0.2, 0.25) is 0 Å². The molecule has 136 valence electrons. The SMILES string of the molecule is CCCCCC(O)C=CC(C(=O)O)C(CC(=O)CC)C1=CCCC1. The maximum absolute atomic E-state index is 11.9. The molecule has 3 atom stereocenters. The Hall–Kier alpha value is -1.42. The predicted molar refractivity (Wildman–Crippen MR) is 95.8 cm³/mol. The van der Waals surface area contributed by atoms with Crippen molar-refractivity contribution in [2.75, 3.05) is 0 Å². The van der Waals surface area contributed by atoms with Crippen LogP contribution in [0.5, 0.6) is 0 Å². The minimum Gasteiger partial charge on any atom is -0.481 e. The van der Waals surface area contributed by atoms with Crippen LogP contribution >= 0.6 is 0 Å². The van der Waals surface area contributed by atoms with Crippen molar-refractivity contribution in [3.63, 3.8) is 0 Å². The number of carboxylic acid groups (broad SMARTS) is 1. The third kappa shape index (κ3) is 7.00. The Kier molecular flexibility index (Phi) is 9.62. The Morgan fingerprint density at radius 3 is 2.54 bits per heavy atom. The van der Waals surface area contributed by atoms with Gasteiger partial charge in [0, 0.05) is 18.8 Å². The number of carboxylic acids is 1. The molecule has 2 N–H and O–H groups in total. The van der Waals surface area contributed by atoms with E-state index >= 15 is 0 Å². The number of aliphatic hydroxyl groups is 1. The van der Waals surface area contributed by atoms with E-state index in [4.69, 9.17) is 0 Å². The summed E-state index contributed by atoms with van der Waals surface area (Å²) in [4.78, 5) is 23.7. The van der Waals surface area contributed by atoms with E-state index in [9.17, 15) is 19.8 Å². The van der Waals surface area contributed by atoms with Gasteiger partial charge in [0.25, 0.3) is 0 Å². The van der Waals surface area contributed by atoms with Crippen LogP contribution in [-0.2, 0) is 9.59 Å². The number of carbonyl (C=O) groups is 2. The molecule has 0 radical (unpaired) electrons. The predicted octanol–water partition coefficient (Wildman–Crippen LogP) is 4.28. The molecule has 1 aliphatic carbocycles. The Labute approximate surface area is 145 Å². The minimum absolute atomic E-state index is 0.0935. The second kappa shape index (κ2) is 11.2. The van der Waals surface area contributed by atoms with Crippen LogP contribution in [0.15, 0.2) is 23.8 Å². The zero-order valence-corrected chi connectivity index (χ0v) is 15.0. The molecule has 0 amide bonds. The first-order valence-corrected chi connectivity index (χ1v) is 9.29. The number of ketones is 1. The molecule has 1 rings (SSSR count). The highest BCUT2D eigenvalue weighted by atomic mass is 16.4. The minimum atomic E-state index is -0.922. The second-order valence-electron chi connectivity index (χ2n) is 6.69. The fourth-order valence-electron chi connectivity index (χ4n) is 3.25. The summed E-state index contributed by atoms with van der Waals surface area (Å²) in [7, 11) is 0. The molecule has 0 aromatic rings. The quantitative estimate of drug-likeness (QED) is 0.412. The summed E-state index contributed by atoms with van der Waals surface area (Å²) in [5, 5.41) is 19.7. The molecule has 4 nitrogen and oxygen atoms in total. The summed E-state index contributed by atoms with van der Waals surface area (Å²) >= 11 is 0. The number of hydrogen-bond donors (Lipinski definition) is 2. The van der Waals surface area contributed by atoms with Crippen molar-refractivity contribution in [1.29, 1.82) is 0 Å². The normalized spacial score (nSPS) is 18.4. The van der Waals surface area contributed by atoms with Gasteiger partial charge in [-0.05, 0) is 25.7 Å². The van der Waals surface area contributed by atoms with Gasteiger partial charge >= 0.3 is 5.97 Å². The number of rotatable bonds is 12. The van der Waals surface area contributed by atoms with Crippen LogP contribution in [0.4, 0.5) is 0 Å². The van der Waals surface area contributed by atoms with Gasteiger partial charge in [-0.3, -0.25) is 9.59 Å². The van der Waals surface area contributed by atoms with Gasteiger partial charge in [-0.2, -0.15) is 0 Å². The van der Waals surface area contributed by atoms with Gasteiger partial charge in [-0.1, -0.05) is 56.9 Å². The topological polar surface area (TPSA) is 74.6 Å². The van der Waals surface area contributed by atoms with Gasteiger partial charge in [-0.15, -0.1) is 0 Å². The smallest absolute Gasteiger partial charge is 0.310 e. The monoisotopic (exact) mass is 336 g/mol. The van der Waals surface area contributed by atoms with E-state index in [2.05, 4.69) is 13.0 Å². The molecular weight excluding hydrogens is 304 g/mol. The molecule has 3 unspecified atom stereocenters. The number of hydrogen-bond acceptors (Lipinski definition) is 3. The highest BCUT2D eigenvalue weighted by Crippen LogP contribution is 2.34. The van der Waals surface area contributed by atoms with E-state index in [0.29, 0.717) is 12.8 Å². The Balaban J connectivity index is 2.83. The molecule has 0 aliphatic heterocycles. The lowest BCUT2D eigenvalue weighted by Gasteiger charge is -2.23. The molecule has 0 aromatic carbocycles. The number of allylic oxidation sites excluding steroid dienone is 2. The van der Waals surface area contributed by atoms with Gasteiger partial charge in [0.2, 0.25) is 0 Å². The number of aliphatic carboxylic acids is 1. The van der Waals surface area contributed by atoms with Crippen LogP contribution in [0.1, 0.15) is 71.6 Å². The summed E-state index contributed by atoms with van der Waals surface area (Å²) in [6.07, 6.45) is 12.0. The van der Waals surface area contributed by atoms with Crippen LogP contribution in [0, 0.1) is 11.8 Å². The van der Waals surface area contributed by atoms with E-state index in [-0.39, 0.29) is 18.1 Å². The molecule has 0 aromatic heterocycles. The van der Waals surface area contributed by atoms with Crippen molar-refractivity contribution < 1.29 is 19.8 Å². The molecule has 0 spiro atoms. The summed E-state index contributed by atoms with van der Waals surface area (Å²) in [5.41, 5.74) is 1.09. The average Bonchev–Trinajstić information content (AvgIpc) is 3.07. The fraction of sp³-hybridized carbons (Fsp3) is 0.700. The molecule has 4 heteroatoms. The third-order valence-corrected chi connectivity index (χ3v) is 4.76. The largest absolute Gasteiger partial charge is 0.481 e. The van der Waals surface area contributed by atoms with Crippen LogP contribution in [0.3, 0.4) is 0 Å². The zero-order valence-electron chi connectivity index (χ0n) is 15.0. The van der Waals surface area contributed by atoms with Crippen LogP contribution in [-0.4, -0.2) is 28.1 Å². The van der Waals surface area contributed by atoms with Crippen molar-refractivity contribution >= 4 is 11.8 Å². The van der Waals surface area contributed by atoms with Gasteiger partial charge < -0.3 is 10.2 Å². The molecule has 0 heterocycles. The highest BCUT2D eigenvalue weighted by molar-refractivity contribution is 5.80. The van der Waals surface area contributed by atoms with Gasteiger partial charge in [0.05, 0.1) is 12.0 Å². The van der Waals surface area contributed by atoms with E-state index in [1.807, 2.05) is 6.92 Å². The van der Waals surface area contributed by atoms with Gasteiger partial charge in [0.15, 0.2) is 0 Å². The van der Waals surface area contributed by atoms with Crippen molar-refractivity contribution in [3.8, 4) is 0 Å². The van der Waals surface area contributed by atoms with Crippen LogP contribution < -0.4 is 0 Å². The molecule has 0 saturated heterocycles.